The number of carbonyl (C=O) groups is 2. The van der Waals surface area contributed by atoms with Crippen molar-refractivity contribution in [1.29, 1.82) is 0 Å². The zero-order chi connectivity index (χ0) is 27.5. The van der Waals surface area contributed by atoms with Gasteiger partial charge in [0.15, 0.2) is 6.10 Å². The number of ether oxygens (including phenoxy) is 2. The van der Waals surface area contributed by atoms with E-state index in [1.807, 2.05) is 87.2 Å². The number of esters is 2. The van der Waals surface area contributed by atoms with E-state index in [0.717, 1.165) is 33.1 Å². The third-order valence-electron chi connectivity index (χ3n) is 7.76. The fourth-order valence-corrected chi connectivity index (χ4v) is 6.39. The highest BCUT2D eigenvalue weighted by Crippen LogP contribution is 2.46. The zero-order valence-corrected chi connectivity index (χ0v) is 23.7. The molecule has 4 aromatic carbocycles. The van der Waals surface area contributed by atoms with Gasteiger partial charge in [-0.2, -0.15) is 0 Å². The number of hydrogen-bond acceptors (Lipinski definition) is 4. The molecule has 1 aliphatic rings. The lowest BCUT2D eigenvalue weighted by Gasteiger charge is -2.42. The third kappa shape index (κ3) is 5.27. The SMILES string of the molecule is CPc1ccccc1C(=O)OC1C(C)c2ccccc2C(c2ccccc2C)C1OC(=O)c1ccccc1C. The van der Waals surface area contributed by atoms with Gasteiger partial charge in [-0.25, -0.2) is 9.59 Å². The van der Waals surface area contributed by atoms with Crippen molar-refractivity contribution in [2.45, 2.75) is 44.8 Å². The molecule has 0 radical (unpaired) electrons. The Morgan fingerprint density at radius 1 is 0.615 bits per heavy atom. The molecule has 4 aromatic rings. The summed E-state index contributed by atoms with van der Waals surface area (Å²) in [6.45, 7) is 8.06. The van der Waals surface area contributed by atoms with Gasteiger partial charge in [0.2, 0.25) is 0 Å². The summed E-state index contributed by atoms with van der Waals surface area (Å²) in [6.07, 6.45) is -1.40. The van der Waals surface area contributed by atoms with Crippen molar-refractivity contribution >= 4 is 25.8 Å². The molecule has 5 atom stereocenters. The summed E-state index contributed by atoms with van der Waals surface area (Å²) in [7, 11) is 0.453. The van der Waals surface area contributed by atoms with Gasteiger partial charge in [-0.05, 0) is 65.8 Å². The highest BCUT2D eigenvalue weighted by atomic mass is 31.1. The highest BCUT2D eigenvalue weighted by Gasteiger charge is 2.47. The summed E-state index contributed by atoms with van der Waals surface area (Å²) in [6, 6.07) is 31.3. The van der Waals surface area contributed by atoms with Crippen molar-refractivity contribution in [3.63, 3.8) is 0 Å². The topological polar surface area (TPSA) is 52.6 Å². The molecule has 0 spiro atoms. The van der Waals surface area contributed by atoms with Gasteiger partial charge in [0.1, 0.15) is 6.10 Å². The molecule has 0 bridgehead atoms. The zero-order valence-electron chi connectivity index (χ0n) is 22.7. The van der Waals surface area contributed by atoms with Crippen molar-refractivity contribution in [2.75, 3.05) is 6.66 Å². The molecule has 5 heteroatoms. The Bertz CT molecular complexity index is 1510. The van der Waals surface area contributed by atoms with Crippen LogP contribution in [-0.4, -0.2) is 30.8 Å². The van der Waals surface area contributed by atoms with E-state index < -0.39 is 24.1 Å². The molecule has 0 aromatic heterocycles. The van der Waals surface area contributed by atoms with Crippen LogP contribution in [0, 0.1) is 13.8 Å². The molecule has 5 unspecified atom stereocenters. The van der Waals surface area contributed by atoms with E-state index in [4.69, 9.17) is 9.47 Å². The predicted octanol–water partition coefficient (Wildman–Crippen LogP) is 6.94. The van der Waals surface area contributed by atoms with E-state index in [-0.39, 0.29) is 11.8 Å². The van der Waals surface area contributed by atoms with Crippen molar-refractivity contribution < 1.29 is 19.1 Å². The van der Waals surface area contributed by atoms with Crippen LogP contribution in [-0.2, 0) is 9.47 Å². The monoisotopic (exact) mass is 536 g/mol. The molecule has 39 heavy (non-hydrogen) atoms. The van der Waals surface area contributed by atoms with Gasteiger partial charge in [-0.3, -0.25) is 0 Å². The molecule has 0 saturated heterocycles. The highest BCUT2D eigenvalue weighted by molar-refractivity contribution is 7.46. The first-order valence-electron chi connectivity index (χ1n) is 13.3. The number of rotatable bonds is 6. The number of aryl methyl sites for hydroxylation is 2. The van der Waals surface area contributed by atoms with Crippen molar-refractivity contribution in [2.24, 2.45) is 0 Å². The Hall–Kier alpha value is -3.75. The van der Waals surface area contributed by atoms with Crippen LogP contribution in [0.5, 0.6) is 0 Å². The molecule has 0 aliphatic heterocycles. The average Bonchev–Trinajstić information content (AvgIpc) is 2.96. The number of benzene rings is 4. The second-order valence-corrected chi connectivity index (χ2v) is 11.1. The van der Waals surface area contributed by atoms with E-state index in [2.05, 4.69) is 31.2 Å². The smallest absolute Gasteiger partial charge is 0.339 e. The normalized spacial score (nSPS) is 20.4. The van der Waals surface area contributed by atoms with Gasteiger partial charge in [0, 0.05) is 5.92 Å². The lowest BCUT2D eigenvalue weighted by atomic mass is 9.70. The molecule has 0 saturated carbocycles. The second-order valence-electron chi connectivity index (χ2n) is 10.1. The van der Waals surface area contributed by atoms with Crippen LogP contribution >= 0.6 is 8.58 Å². The van der Waals surface area contributed by atoms with Gasteiger partial charge >= 0.3 is 11.9 Å². The quantitative estimate of drug-likeness (QED) is 0.198. The summed E-state index contributed by atoms with van der Waals surface area (Å²) in [4.78, 5) is 27.3. The molecule has 1 aliphatic carbocycles. The minimum absolute atomic E-state index is 0.184. The lowest BCUT2D eigenvalue weighted by Crippen LogP contribution is -2.47. The van der Waals surface area contributed by atoms with E-state index >= 15 is 0 Å². The number of carbonyl (C=O) groups excluding carboxylic acids is 2. The van der Waals surface area contributed by atoms with Crippen molar-refractivity contribution in [3.05, 3.63) is 136 Å². The molecule has 4 nitrogen and oxygen atoms in total. The van der Waals surface area contributed by atoms with Crippen LogP contribution in [0.4, 0.5) is 0 Å². The molecule has 5 rings (SSSR count). The Kier molecular flexibility index (Phi) is 7.95. The van der Waals surface area contributed by atoms with Gasteiger partial charge in [0.05, 0.1) is 17.0 Å². The van der Waals surface area contributed by atoms with Crippen molar-refractivity contribution in [1.82, 2.24) is 0 Å². The van der Waals surface area contributed by atoms with Crippen LogP contribution < -0.4 is 5.30 Å². The summed E-state index contributed by atoms with van der Waals surface area (Å²) >= 11 is 0. The summed E-state index contributed by atoms with van der Waals surface area (Å²) in [5.74, 6) is -1.29. The summed E-state index contributed by atoms with van der Waals surface area (Å²) in [5.41, 5.74) is 6.23. The maximum atomic E-state index is 13.7. The minimum atomic E-state index is -0.719. The fourth-order valence-electron chi connectivity index (χ4n) is 5.68. The molecule has 198 valence electrons. The van der Waals surface area contributed by atoms with E-state index in [0.29, 0.717) is 19.7 Å². The molecular weight excluding hydrogens is 503 g/mol. The van der Waals surface area contributed by atoms with E-state index in [9.17, 15) is 9.59 Å². The number of hydrogen-bond donors (Lipinski definition) is 0. The summed E-state index contributed by atoms with van der Waals surface area (Å²) in [5, 5.41) is 0.954. The van der Waals surface area contributed by atoms with Gasteiger partial charge < -0.3 is 9.47 Å². The molecule has 0 fully saturated rings. The Morgan fingerprint density at radius 2 is 1.13 bits per heavy atom. The van der Waals surface area contributed by atoms with Gasteiger partial charge in [-0.1, -0.05) is 100 Å². The van der Waals surface area contributed by atoms with Gasteiger partial charge in [-0.15, -0.1) is 0 Å². The molecular formula is C34H33O4P. The standard InChI is InChI=1S/C34H33O4P/c1-21-13-5-7-15-24(21)30-27-18-10-9-17-26(27)23(3)31(37-34(36)28-19-11-12-20-29(28)39-4)32(30)38-33(35)25-16-8-6-14-22(25)2/h5-20,23,30-32,39H,1-4H3. The van der Waals surface area contributed by atoms with Crippen LogP contribution in [0.1, 0.15) is 67.3 Å². The molecule has 0 N–H and O–H groups in total. The van der Waals surface area contributed by atoms with Crippen LogP contribution in [0.25, 0.3) is 0 Å². The van der Waals surface area contributed by atoms with Gasteiger partial charge in [0.25, 0.3) is 0 Å². The maximum absolute atomic E-state index is 13.7. The van der Waals surface area contributed by atoms with Crippen LogP contribution in [0.15, 0.2) is 97.1 Å². The van der Waals surface area contributed by atoms with Crippen LogP contribution in [0.3, 0.4) is 0 Å². The first-order valence-corrected chi connectivity index (χ1v) is 14.8. The fraction of sp³-hybridized carbons (Fsp3) is 0.235. The average molecular weight is 537 g/mol. The second kappa shape index (κ2) is 11.6. The first-order chi connectivity index (χ1) is 18.9. The summed E-state index contributed by atoms with van der Waals surface area (Å²) < 4.78 is 12.7. The van der Waals surface area contributed by atoms with Crippen molar-refractivity contribution in [3.8, 4) is 0 Å². The first kappa shape index (κ1) is 26.8. The molecule has 0 heterocycles. The minimum Gasteiger partial charge on any atom is -0.454 e. The third-order valence-corrected chi connectivity index (χ3v) is 8.73. The Balaban J connectivity index is 1.64. The maximum Gasteiger partial charge on any atom is 0.339 e. The largest absolute Gasteiger partial charge is 0.454 e. The lowest BCUT2D eigenvalue weighted by molar-refractivity contribution is -0.0532. The number of fused-ring (bicyclic) bond motifs is 1. The predicted molar refractivity (Wildman–Crippen MR) is 158 cm³/mol. The Labute approximate surface area is 232 Å². The van der Waals surface area contributed by atoms with E-state index in [1.54, 1.807) is 6.07 Å². The molecule has 0 amide bonds. The Morgan fingerprint density at radius 3 is 1.79 bits per heavy atom. The van der Waals surface area contributed by atoms with Crippen LogP contribution in [0.2, 0.25) is 0 Å². The van der Waals surface area contributed by atoms with E-state index in [1.165, 1.54) is 0 Å².